The number of halogens is 1. The van der Waals surface area contributed by atoms with Crippen molar-refractivity contribution < 1.29 is 19.4 Å². The molecule has 1 amide bonds. The zero-order valence-corrected chi connectivity index (χ0v) is 17.4. The number of carboxylic acids is 1. The Morgan fingerprint density at radius 3 is 2.29 bits per heavy atom. The molecule has 4 rings (SSSR count). The molecule has 0 fully saturated rings. The van der Waals surface area contributed by atoms with Gasteiger partial charge in [-0.1, -0.05) is 48.5 Å². The molecule has 28 heavy (non-hydrogen) atoms. The van der Waals surface area contributed by atoms with Crippen LogP contribution < -0.4 is 5.32 Å². The number of thiazole rings is 1. The molecule has 0 bridgehead atoms. The molecule has 1 unspecified atom stereocenters. The molecule has 0 saturated heterocycles. The van der Waals surface area contributed by atoms with Gasteiger partial charge in [0.15, 0.2) is 6.04 Å². The Morgan fingerprint density at radius 1 is 1.14 bits per heavy atom. The molecular formula is C20H15IN2O4S. The predicted octanol–water partition coefficient (Wildman–Crippen LogP) is 4.41. The fourth-order valence-electron chi connectivity index (χ4n) is 3.39. The van der Waals surface area contributed by atoms with Crippen LogP contribution in [-0.4, -0.2) is 28.8 Å². The summed E-state index contributed by atoms with van der Waals surface area (Å²) in [5, 5.41) is 12.1. The molecule has 1 aromatic heterocycles. The first-order chi connectivity index (χ1) is 13.5. The summed E-state index contributed by atoms with van der Waals surface area (Å²) in [6.07, 6.45) is 0.787. The van der Waals surface area contributed by atoms with E-state index in [1.165, 1.54) is 11.3 Å². The smallest absolute Gasteiger partial charge is 0.408 e. The Balaban J connectivity index is 1.48. The van der Waals surface area contributed by atoms with E-state index in [0.29, 0.717) is 5.01 Å². The highest BCUT2D eigenvalue weighted by molar-refractivity contribution is 14.1. The lowest BCUT2D eigenvalue weighted by atomic mass is 9.98. The van der Waals surface area contributed by atoms with Crippen LogP contribution in [0.3, 0.4) is 0 Å². The maximum atomic E-state index is 12.3. The number of nitrogens with one attached hydrogen (secondary N) is 1. The summed E-state index contributed by atoms with van der Waals surface area (Å²) in [6.45, 7) is 0.127. The van der Waals surface area contributed by atoms with Gasteiger partial charge in [0, 0.05) is 5.92 Å². The van der Waals surface area contributed by atoms with Crippen LogP contribution in [0.4, 0.5) is 4.79 Å². The SMILES string of the molecule is O=C(NC(C(=O)O)c1ncc(I)s1)OCC1c2ccccc2-c2ccccc21. The summed E-state index contributed by atoms with van der Waals surface area (Å²) in [5.74, 6) is -1.26. The lowest BCUT2D eigenvalue weighted by Gasteiger charge is -2.16. The third-order valence-electron chi connectivity index (χ3n) is 4.60. The van der Waals surface area contributed by atoms with Gasteiger partial charge >= 0.3 is 12.1 Å². The zero-order valence-electron chi connectivity index (χ0n) is 14.5. The fraction of sp³-hybridized carbons (Fsp3) is 0.150. The van der Waals surface area contributed by atoms with Crippen molar-refractivity contribution in [2.75, 3.05) is 6.61 Å². The second-order valence-corrected chi connectivity index (χ2v) is 9.20. The number of ether oxygens (including phenoxy) is 1. The van der Waals surface area contributed by atoms with Crippen LogP contribution in [0.1, 0.15) is 28.1 Å². The second-order valence-electron chi connectivity index (χ2n) is 6.24. The first kappa shape index (κ1) is 18.9. The van der Waals surface area contributed by atoms with Gasteiger partial charge in [0.2, 0.25) is 0 Å². The van der Waals surface area contributed by atoms with E-state index in [1.807, 2.05) is 36.4 Å². The predicted molar refractivity (Wildman–Crippen MR) is 113 cm³/mol. The monoisotopic (exact) mass is 506 g/mol. The van der Waals surface area contributed by atoms with Crippen molar-refractivity contribution in [2.45, 2.75) is 12.0 Å². The lowest BCUT2D eigenvalue weighted by Crippen LogP contribution is -2.34. The van der Waals surface area contributed by atoms with Gasteiger partial charge in [-0.15, -0.1) is 11.3 Å². The van der Waals surface area contributed by atoms with Crippen molar-refractivity contribution >= 4 is 46.0 Å². The number of amides is 1. The van der Waals surface area contributed by atoms with Crippen LogP contribution in [0.15, 0.2) is 54.7 Å². The molecule has 1 aliphatic rings. The van der Waals surface area contributed by atoms with Crippen LogP contribution >= 0.6 is 33.9 Å². The largest absolute Gasteiger partial charge is 0.479 e. The van der Waals surface area contributed by atoms with E-state index in [0.717, 1.165) is 25.1 Å². The second kappa shape index (κ2) is 7.88. The van der Waals surface area contributed by atoms with Gasteiger partial charge in [-0.25, -0.2) is 14.6 Å². The minimum absolute atomic E-state index is 0.0813. The number of nitrogens with zero attached hydrogens (tertiary/aromatic N) is 1. The van der Waals surface area contributed by atoms with Gasteiger partial charge in [-0.05, 0) is 44.8 Å². The molecule has 1 aliphatic carbocycles. The van der Waals surface area contributed by atoms with Crippen molar-refractivity contribution in [1.82, 2.24) is 10.3 Å². The van der Waals surface area contributed by atoms with Gasteiger partial charge in [0.1, 0.15) is 11.6 Å². The molecular weight excluding hydrogens is 491 g/mol. The Hall–Kier alpha value is -2.46. The highest BCUT2D eigenvalue weighted by atomic mass is 127. The van der Waals surface area contributed by atoms with E-state index in [9.17, 15) is 14.7 Å². The fourth-order valence-corrected chi connectivity index (χ4v) is 4.89. The first-order valence-electron chi connectivity index (χ1n) is 8.50. The highest BCUT2D eigenvalue weighted by Gasteiger charge is 2.30. The van der Waals surface area contributed by atoms with E-state index in [4.69, 9.17) is 4.74 Å². The van der Waals surface area contributed by atoms with Crippen LogP contribution in [0, 0.1) is 2.88 Å². The molecule has 0 spiro atoms. The maximum absolute atomic E-state index is 12.3. The Morgan fingerprint density at radius 2 is 1.75 bits per heavy atom. The normalized spacial score (nSPS) is 13.5. The topological polar surface area (TPSA) is 88.5 Å². The van der Waals surface area contributed by atoms with E-state index in [2.05, 4.69) is 45.0 Å². The molecule has 2 aromatic carbocycles. The van der Waals surface area contributed by atoms with Crippen LogP contribution in [0.2, 0.25) is 0 Å². The van der Waals surface area contributed by atoms with Gasteiger partial charge in [0.25, 0.3) is 0 Å². The average Bonchev–Trinajstić information content (AvgIpc) is 3.26. The minimum Gasteiger partial charge on any atom is -0.479 e. The molecule has 0 aliphatic heterocycles. The number of carbonyl (C=O) groups excluding carboxylic acids is 1. The molecule has 0 saturated carbocycles. The van der Waals surface area contributed by atoms with Crippen molar-refractivity contribution in [3.05, 3.63) is 73.7 Å². The van der Waals surface area contributed by atoms with Crippen molar-refractivity contribution in [1.29, 1.82) is 0 Å². The van der Waals surface area contributed by atoms with Crippen LogP contribution in [-0.2, 0) is 9.53 Å². The summed E-state index contributed by atoms with van der Waals surface area (Å²) in [7, 11) is 0. The number of hydrogen-bond donors (Lipinski definition) is 2. The van der Waals surface area contributed by atoms with Crippen LogP contribution in [0.5, 0.6) is 0 Å². The molecule has 6 nitrogen and oxygen atoms in total. The van der Waals surface area contributed by atoms with E-state index in [-0.39, 0.29) is 12.5 Å². The minimum atomic E-state index is -1.23. The molecule has 2 N–H and O–H groups in total. The summed E-state index contributed by atoms with van der Waals surface area (Å²) in [4.78, 5) is 27.9. The summed E-state index contributed by atoms with van der Waals surface area (Å²) in [5.41, 5.74) is 4.46. The highest BCUT2D eigenvalue weighted by Crippen LogP contribution is 2.44. The third-order valence-corrected chi connectivity index (χ3v) is 6.38. The van der Waals surface area contributed by atoms with E-state index < -0.39 is 18.1 Å². The molecule has 1 heterocycles. The average molecular weight is 506 g/mol. The van der Waals surface area contributed by atoms with Gasteiger partial charge in [-0.3, -0.25) is 0 Å². The third kappa shape index (κ3) is 3.61. The van der Waals surface area contributed by atoms with E-state index >= 15 is 0 Å². The van der Waals surface area contributed by atoms with Crippen molar-refractivity contribution in [3.63, 3.8) is 0 Å². The molecule has 8 heteroatoms. The zero-order chi connectivity index (χ0) is 19.7. The number of hydrogen-bond acceptors (Lipinski definition) is 5. The first-order valence-corrected chi connectivity index (χ1v) is 10.4. The van der Waals surface area contributed by atoms with Gasteiger partial charge in [-0.2, -0.15) is 0 Å². The number of carbonyl (C=O) groups is 2. The quantitative estimate of drug-likeness (QED) is 0.501. The Bertz CT molecular complexity index is 1010. The molecule has 3 aromatic rings. The van der Waals surface area contributed by atoms with Crippen molar-refractivity contribution in [2.24, 2.45) is 0 Å². The number of benzene rings is 2. The summed E-state index contributed by atoms with van der Waals surface area (Å²) >= 11 is 3.27. The number of rotatable bonds is 5. The van der Waals surface area contributed by atoms with Gasteiger partial charge < -0.3 is 15.2 Å². The standard InChI is InChI=1S/C20H15IN2O4S/c21-16-9-22-18(28-16)17(19(24)25)23-20(26)27-10-15-13-7-3-1-5-11(13)12-6-2-4-8-14(12)15/h1-9,15,17H,10H2,(H,23,26)(H,24,25). The molecule has 0 radical (unpaired) electrons. The number of carboxylic acid groups (broad SMARTS) is 1. The van der Waals surface area contributed by atoms with Crippen molar-refractivity contribution in [3.8, 4) is 11.1 Å². The number of fused-ring (bicyclic) bond motifs is 3. The van der Waals surface area contributed by atoms with E-state index in [1.54, 1.807) is 6.20 Å². The molecule has 142 valence electrons. The number of aliphatic carboxylic acids is 1. The summed E-state index contributed by atoms with van der Waals surface area (Å²) in [6, 6.07) is 14.8. The van der Waals surface area contributed by atoms with Crippen LogP contribution in [0.25, 0.3) is 11.1 Å². The summed E-state index contributed by atoms with van der Waals surface area (Å²) < 4.78 is 6.25. The maximum Gasteiger partial charge on any atom is 0.408 e. The Labute approximate surface area is 178 Å². The Kier molecular flexibility index (Phi) is 5.31. The number of aromatic nitrogens is 1. The number of alkyl carbamates (subject to hydrolysis) is 1. The lowest BCUT2D eigenvalue weighted by molar-refractivity contribution is -0.139. The molecule has 1 atom stereocenters. The van der Waals surface area contributed by atoms with Gasteiger partial charge in [0.05, 0.1) is 9.08 Å².